The molecule has 2 atom stereocenters. The van der Waals surface area contributed by atoms with Gasteiger partial charge >= 0.3 is 0 Å². The van der Waals surface area contributed by atoms with Crippen LogP contribution in [0.4, 0.5) is 0 Å². The summed E-state index contributed by atoms with van der Waals surface area (Å²) in [6.07, 6.45) is 0.780. The van der Waals surface area contributed by atoms with Gasteiger partial charge in [0, 0.05) is 6.04 Å². The fourth-order valence-corrected chi connectivity index (χ4v) is 25.0. The molecule has 2 unspecified atom stereocenters. The molecule has 0 fully saturated rings. The number of hydrogen-bond acceptors (Lipinski definition) is 5. The molecule has 0 bridgehead atoms. The largest absolute Gasteiger partial charge is 0.257 e. The van der Waals surface area contributed by atoms with Crippen LogP contribution in [0.1, 0.15) is 20.3 Å². The summed E-state index contributed by atoms with van der Waals surface area (Å²) in [5.41, 5.74) is 0. The van der Waals surface area contributed by atoms with Gasteiger partial charge in [0.05, 0.1) is 0 Å². The van der Waals surface area contributed by atoms with E-state index in [1.54, 1.807) is 0 Å². The average molecular weight is 500 g/mol. The molecule has 0 aliphatic carbocycles. The van der Waals surface area contributed by atoms with E-state index in [-0.39, 0.29) is 6.04 Å². The summed E-state index contributed by atoms with van der Waals surface area (Å²) in [6.45, 7) is 0.806. The van der Waals surface area contributed by atoms with E-state index in [0.29, 0.717) is 0 Å². The normalized spacial score (nSPS) is 32.5. The van der Waals surface area contributed by atoms with Gasteiger partial charge in [-0.15, -0.1) is 0 Å². The molecule has 0 spiro atoms. The van der Waals surface area contributed by atoms with Gasteiger partial charge in [-0.25, -0.2) is 0 Å². The Morgan fingerprint density at radius 1 is 0.800 bits per heavy atom. The predicted octanol–water partition coefficient (Wildman–Crippen LogP) is 9.84. The molecule has 1 rings (SSSR count). The summed E-state index contributed by atoms with van der Waals surface area (Å²) in [5, 5.41) is 3.02. The van der Waals surface area contributed by atoms with Gasteiger partial charge in [0.1, 0.15) is 0 Å². The molecule has 16 heteroatoms. The number of halogens is 7. The Bertz CT molecular complexity index is 594. The van der Waals surface area contributed by atoms with Crippen molar-refractivity contribution in [3.05, 3.63) is 0 Å². The molecule has 1 aliphatic rings. The van der Waals surface area contributed by atoms with Crippen LogP contribution < -0.4 is 5.09 Å². The van der Waals surface area contributed by atoms with Crippen LogP contribution in [0.2, 0.25) is 0 Å². The Morgan fingerprint density at radius 3 is 1.65 bits per heavy atom. The number of hydrogen-bond donors (Lipinski definition) is 1. The molecule has 1 aliphatic heterocycles. The van der Waals surface area contributed by atoms with Gasteiger partial charge in [-0.1, -0.05) is 6.92 Å². The summed E-state index contributed by atoms with van der Waals surface area (Å²) in [4.78, 5) is 0. The van der Waals surface area contributed by atoms with Crippen molar-refractivity contribution in [2.24, 2.45) is 18.1 Å². The molecule has 0 aromatic heterocycles. The highest BCUT2D eigenvalue weighted by molar-refractivity contribution is 8.24. The number of nitrogens with zero attached hydrogens (tertiary/aromatic N) is 4. The monoisotopic (exact) mass is 497 g/mol. The molecule has 0 aromatic rings. The number of rotatable bonds is 3. The summed E-state index contributed by atoms with van der Waals surface area (Å²) in [6, 6.07) is 0.000910. The zero-order valence-electron chi connectivity index (χ0n) is 10.0. The SMILES string of the molecule is CCC(C)NP1(Cl)=NP(Cl)(Cl)=NP(Cl)(Cl)=NP(Cl)(Cl)=N1. The molecule has 0 saturated carbocycles. The van der Waals surface area contributed by atoms with Crippen molar-refractivity contribution in [2.75, 3.05) is 0 Å². The van der Waals surface area contributed by atoms with Crippen LogP contribution in [-0.2, 0) is 0 Å². The zero-order chi connectivity index (χ0) is 15.8. The van der Waals surface area contributed by atoms with E-state index in [9.17, 15) is 0 Å². The highest BCUT2D eigenvalue weighted by Crippen LogP contribution is 2.86. The van der Waals surface area contributed by atoms with Crippen molar-refractivity contribution in [3.8, 4) is 0 Å². The number of nitrogens with one attached hydrogen (secondary N) is 1. The van der Waals surface area contributed by atoms with Crippen LogP contribution in [-0.4, -0.2) is 6.04 Å². The molecule has 1 N–H and O–H groups in total. The third kappa shape index (κ3) is 7.21. The molecule has 0 aromatic carbocycles. The van der Waals surface area contributed by atoms with Crippen molar-refractivity contribution in [1.29, 1.82) is 0 Å². The highest BCUT2D eigenvalue weighted by Gasteiger charge is 2.32. The topological polar surface area (TPSA) is 61.5 Å². The van der Waals surface area contributed by atoms with Crippen LogP contribution in [0.3, 0.4) is 0 Å². The van der Waals surface area contributed by atoms with Crippen LogP contribution >= 0.6 is 103 Å². The van der Waals surface area contributed by atoms with Crippen LogP contribution in [0.25, 0.3) is 0 Å². The van der Waals surface area contributed by atoms with Gasteiger partial charge in [0.15, 0.2) is 0 Å². The fourth-order valence-electron chi connectivity index (χ4n) is 1.04. The van der Waals surface area contributed by atoms with Crippen molar-refractivity contribution >= 4 is 103 Å². The van der Waals surface area contributed by atoms with Crippen molar-refractivity contribution in [3.63, 3.8) is 0 Å². The lowest BCUT2D eigenvalue weighted by Gasteiger charge is -2.23. The smallest absolute Gasteiger partial charge is 0.251 e. The third-order valence-electron chi connectivity index (χ3n) is 1.88. The molecule has 120 valence electrons. The second-order valence-electron chi connectivity index (χ2n) is 3.69. The Morgan fingerprint density at radius 2 is 1.20 bits per heavy atom. The Hall–Kier alpha value is 2.91. The standard InChI is InChI=1S/C4H10Cl7N5P4/c1-3-4(2)12-20(11)15-18(7,8)13-17(5,6)14-19(9,10)16-20/h4,12H,3H2,1-2H3. The first kappa shape index (κ1) is 21.0. The maximum atomic E-state index is 6.38. The fraction of sp³-hybridized carbons (Fsp3) is 1.00. The quantitative estimate of drug-likeness (QED) is 0.385. The molecule has 0 amide bonds. The maximum absolute atomic E-state index is 6.38. The van der Waals surface area contributed by atoms with Gasteiger partial charge in [-0.05, 0) is 92.0 Å². The summed E-state index contributed by atoms with van der Waals surface area (Å²) >= 11 is 42.4. The minimum atomic E-state index is -3.24. The van der Waals surface area contributed by atoms with E-state index in [2.05, 4.69) is 23.1 Å². The molecule has 1 heterocycles. The predicted molar refractivity (Wildman–Crippen MR) is 101 cm³/mol. The van der Waals surface area contributed by atoms with E-state index in [0.717, 1.165) is 6.42 Å². The molecule has 0 radical (unpaired) electrons. The first-order valence-corrected chi connectivity index (χ1v) is 18.1. The second kappa shape index (κ2) is 7.43. The van der Waals surface area contributed by atoms with E-state index in [4.69, 9.17) is 78.7 Å². The average Bonchev–Trinajstić information content (AvgIpc) is 2.07. The highest BCUT2D eigenvalue weighted by atomic mass is 35.9. The maximum Gasteiger partial charge on any atom is 0.257 e. The van der Waals surface area contributed by atoms with E-state index in [1.807, 2.05) is 13.8 Å². The van der Waals surface area contributed by atoms with Gasteiger partial charge in [-0.2, -0.15) is 18.1 Å². The summed E-state index contributed by atoms with van der Waals surface area (Å²) in [5.74, 6) is -9.69. The van der Waals surface area contributed by atoms with Crippen LogP contribution in [0, 0.1) is 0 Å². The minimum absolute atomic E-state index is 0.000910. The minimum Gasteiger partial charge on any atom is -0.251 e. The first-order valence-electron chi connectivity index (χ1n) is 4.99. The molecule has 0 saturated heterocycles. The lowest BCUT2D eigenvalue weighted by atomic mass is 10.3. The van der Waals surface area contributed by atoms with Crippen molar-refractivity contribution < 1.29 is 0 Å². The summed E-state index contributed by atoms with van der Waals surface area (Å²) < 4.78 is 16.0. The van der Waals surface area contributed by atoms with Crippen LogP contribution in [0.15, 0.2) is 18.1 Å². The molecular weight excluding hydrogens is 490 g/mol. The molecule has 5 nitrogen and oxygen atoms in total. The third-order valence-corrected chi connectivity index (χ3v) is 18.5. The Kier molecular flexibility index (Phi) is 7.78. The van der Waals surface area contributed by atoms with Gasteiger partial charge < -0.3 is 0 Å². The summed E-state index contributed by atoms with van der Waals surface area (Å²) in [7, 11) is 0. The Balaban J connectivity index is 3.55. The van der Waals surface area contributed by atoms with Crippen LogP contribution in [0.5, 0.6) is 0 Å². The van der Waals surface area contributed by atoms with Crippen molar-refractivity contribution in [1.82, 2.24) is 5.09 Å². The lowest BCUT2D eigenvalue weighted by molar-refractivity contribution is 0.662. The van der Waals surface area contributed by atoms with E-state index >= 15 is 0 Å². The van der Waals surface area contributed by atoms with Crippen molar-refractivity contribution in [2.45, 2.75) is 26.3 Å². The second-order valence-corrected chi connectivity index (χ2v) is 22.1. The molecular formula is C4H10Cl7N5P4. The van der Waals surface area contributed by atoms with Gasteiger partial charge in [0.25, 0.3) is 17.7 Å². The van der Waals surface area contributed by atoms with Gasteiger partial charge in [0.2, 0.25) is 6.71 Å². The van der Waals surface area contributed by atoms with E-state index in [1.165, 1.54) is 0 Å². The lowest BCUT2D eigenvalue weighted by Crippen LogP contribution is -2.19. The first-order chi connectivity index (χ1) is 8.78. The Labute approximate surface area is 151 Å². The van der Waals surface area contributed by atoms with Gasteiger partial charge in [-0.3, -0.25) is 5.09 Å². The zero-order valence-corrected chi connectivity index (χ0v) is 18.9. The van der Waals surface area contributed by atoms with E-state index < -0.39 is 24.4 Å². The molecule has 20 heavy (non-hydrogen) atoms.